The zero-order valence-electron chi connectivity index (χ0n) is 14.3. The van der Waals surface area contributed by atoms with Gasteiger partial charge in [-0.3, -0.25) is 4.40 Å². The summed E-state index contributed by atoms with van der Waals surface area (Å²) in [5.41, 5.74) is 6.80. The minimum absolute atomic E-state index is 1.01. The quantitative estimate of drug-likeness (QED) is 0.296. The van der Waals surface area contributed by atoms with Crippen molar-refractivity contribution >= 4 is 32.2 Å². The third-order valence-corrected chi connectivity index (χ3v) is 5.95. The normalized spacial score (nSPS) is 11.1. The molecule has 2 nitrogen and oxygen atoms in total. The van der Waals surface area contributed by atoms with Crippen molar-refractivity contribution in [1.29, 1.82) is 0 Å². The Kier molecular flexibility index (Phi) is 4.15. The zero-order chi connectivity index (χ0) is 18.2. The van der Waals surface area contributed by atoms with Crippen LogP contribution in [0.2, 0.25) is 0 Å². The molecule has 27 heavy (non-hydrogen) atoms. The molecule has 130 valence electrons. The standard InChI is InChI=1S/C23H15BrN2S/c24-19-13-11-16(12-14-19)20-15-27-23-25-21(17-7-3-1-4-8-17)22(26(20)23)18-9-5-2-6-10-18/h1-15H. The van der Waals surface area contributed by atoms with Crippen LogP contribution in [0.15, 0.2) is 94.8 Å². The molecule has 0 N–H and O–H groups in total. The molecule has 0 aliphatic heterocycles. The lowest BCUT2D eigenvalue weighted by molar-refractivity contribution is 1.24. The van der Waals surface area contributed by atoms with Gasteiger partial charge in [-0.1, -0.05) is 88.7 Å². The molecule has 0 bridgehead atoms. The topological polar surface area (TPSA) is 17.3 Å². The fraction of sp³-hybridized carbons (Fsp3) is 0. The molecule has 2 aromatic heterocycles. The van der Waals surface area contributed by atoms with Gasteiger partial charge in [0.05, 0.1) is 17.1 Å². The summed E-state index contributed by atoms with van der Waals surface area (Å²) >= 11 is 5.21. The van der Waals surface area contributed by atoms with Crippen molar-refractivity contribution < 1.29 is 0 Å². The van der Waals surface area contributed by atoms with Crippen LogP contribution in [0.1, 0.15) is 0 Å². The van der Waals surface area contributed by atoms with Crippen LogP contribution in [-0.2, 0) is 0 Å². The largest absolute Gasteiger partial charge is 0.282 e. The van der Waals surface area contributed by atoms with Crippen molar-refractivity contribution in [1.82, 2.24) is 9.38 Å². The van der Waals surface area contributed by atoms with Gasteiger partial charge in [0, 0.05) is 21.0 Å². The second kappa shape index (κ2) is 6.80. The van der Waals surface area contributed by atoms with Gasteiger partial charge in [-0.15, -0.1) is 11.3 Å². The monoisotopic (exact) mass is 430 g/mol. The van der Waals surface area contributed by atoms with Crippen LogP contribution < -0.4 is 0 Å². The molecule has 0 fully saturated rings. The number of fused-ring (bicyclic) bond motifs is 1. The van der Waals surface area contributed by atoms with Crippen molar-refractivity contribution in [2.45, 2.75) is 0 Å². The summed E-state index contributed by atoms with van der Waals surface area (Å²) in [6.07, 6.45) is 0. The number of hydrogen-bond donors (Lipinski definition) is 0. The smallest absolute Gasteiger partial charge is 0.195 e. The molecule has 0 saturated carbocycles. The lowest BCUT2D eigenvalue weighted by Gasteiger charge is -2.08. The molecule has 3 aromatic carbocycles. The molecule has 0 aliphatic carbocycles. The van der Waals surface area contributed by atoms with Gasteiger partial charge in [-0.25, -0.2) is 4.98 Å². The second-order valence-corrected chi connectivity index (χ2v) is 8.04. The highest BCUT2D eigenvalue weighted by molar-refractivity contribution is 9.10. The molecular formula is C23H15BrN2S. The number of benzene rings is 3. The highest BCUT2D eigenvalue weighted by Gasteiger charge is 2.20. The first kappa shape index (κ1) is 16.5. The summed E-state index contributed by atoms with van der Waals surface area (Å²) < 4.78 is 3.36. The van der Waals surface area contributed by atoms with E-state index in [2.05, 4.69) is 98.5 Å². The van der Waals surface area contributed by atoms with E-state index in [1.807, 2.05) is 12.1 Å². The number of aromatic nitrogens is 2. The van der Waals surface area contributed by atoms with E-state index in [0.717, 1.165) is 32.1 Å². The highest BCUT2D eigenvalue weighted by atomic mass is 79.9. The van der Waals surface area contributed by atoms with Crippen LogP contribution in [0.5, 0.6) is 0 Å². The first-order valence-electron chi connectivity index (χ1n) is 8.68. The Morgan fingerprint density at radius 1 is 0.704 bits per heavy atom. The summed E-state index contributed by atoms with van der Waals surface area (Å²) in [6, 6.07) is 29.4. The molecule has 0 unspecified atom stereocenters. The van der Waals surface area contributed by atoms with Crippen molar-refractivity contribution in [3.63, 3.8) is 0 Å². The molecule has 0 amide bonds. The van der Waals surface area contributed by atoms with Gasteiger partial charge in [-0.2, -0.15) is 0 Å². The van der Waals surface area contributed by atoms with E-state index in [0.29, 0.717) is 0 Å². The van der Waals surface area contributed by atoms with Gasteiger partial charge < -0.3 is 0 Å². The van der Waals surface area contributed by atoms with Crippen LogP contribution in [0.3, 0.4) is 0 Å². The minimum atomic E-state index is 1.01. The molecule has 5 rings (SSSR count). The second-order valence-electron chi connectivity index (χ2n) is 6.29. The molecule has 5 aromatic rings. The first-order chi connectivity index (χ1) is 13.3. The molecule has 0 atom stereocenters. The SMILES string of the molecule is Brc1ccc(-c2csc3nc(-c4ccccc4)c(-c4ccccc4)n23)cc1. The Hall–Kier alpha value is -2.69. The molecule has 0 spiro atoms. The summed E-state index contributed by atoms with van der Waals surface area (Å²) in [4.78, 5) is 6.00. The van der Waals surface area contributed by atoms with Crippen LogP contribution in [-0.4, -0.2) is 9.38 Å². The summed E-state index contributed by atoms with van der Waals surface area (Å²) in [5, 5.41) is 2.19. The Bertz CT molecular complexity index is 1210. The van der Waals surface area contributed by atoms with Gasteiger partial charge in [0.25, 0.3) is 0 Å². The molecular weight excluding hydrogens is 416 g/mol. The third-order valence-electron chi connectivity index (χ3n) is 4.60. The average Bonchev–Trinajstić information content (AvgIpc) is 3.29. The summed E-state index contributed by atoms with van der Waals surface area (Å²) in [5.74, 6) is 0. The summed E-state index contributed by atoms with van der Waals surface area (Å²) in [6.45, 7) is 0. The van der Waals surface area contributed by atoms with Gasteiger partial charge in [-0.05, 0) is 17.7 Å². The number of imidazole rings is 1. The van der Waals surface area contributed by atoms with Gasteiger partial charge >= 0.3 is 0 Å². The van der Waals surface area contributed by atoms with Gasteiger partial charge in [0.15, 0.2) is 4.96 Å². The fourth-order valence-electron chi connectivity index (χ4n) is 3.34. The van der Waals surface area contributed by atoms with E-state index >= 15 is 0 Å². The van der Waals surface area contributed by atoms with E-state index in [9.17, 15) is 0 Å². The van der Waals surface area contributed by atoms with Crippen molar-refractivity contribution in [2.24, 2.45) is 0 Å². The zero-order valence-corrected chi connectivity index (χ0v) is 16.7. The van der Waals surface area contributed by atoms with Crippen LogP contribution in [0.4, 0.5) is 0 Å². The molecule has 2 heterocycles. The predicted molar refractivity (Wildman–Crippen MR) is 117 cm³/mol. The number of nitrogens with zero attached hydrogens (tertiary/aromatic N) is 2. The maximum Gasteiger partial charge on any atom is 0.195 e. The van der Waals surface area contributed by atoms with Crippen molar-refractivity contribution in [2.75, 3.05) is 0 Å². The Morgan fingerprint density at radius 2 is 1.33 bits per heavy atom. The van der Waals surface area contributed by atoms with Crippen LogP contribution in [0.25, 0.3) is 38.7 Å². The number of rotatable bonds is 3. The van der Waals surface area contributed by atoms with E-state index in [1.54, 1.807) is 11.3 Å². The number of hydrogen-bond acceptors (Lipinski definition) is 2. The first-order valence-corrected chi connectivity index (χ1v) is 10.4. The fourth-order valence-corrected chi connectivity index (χ4v) is 4.50. The third kappa shape index (κ3) is 2.91. The Morgan fingerprint density at radius 3 is 2.00 bits per heavy atom. The van der Waals surface area contributed by atoms with E-state index in [4.69, 9.17) is 4.98 Å². The van der Waals surface area contributed by atoms with E-state index < -0.39 is 0 Å². The maximum absolute atomic E-state index is 5.00. The van der Waals surface area contributed by atoms with Gasteiger partial charge in [0.1, 0.15) is 0 Å². The number of thiazole rings is 1. The number of halogens is 1. The Balaban J connectivity index is 1.83. The lowest BCUT2D eigenvalue weighted by Crippen LogP contribution is -1.91. The average molecular weight is 431 g/mol. The molecule has 0 saturated heterocycles. The minimum Gasteiger partial charge on any atom is -0.282 e. The maximum atomic E-state index is 5.00. The van der Waals surface area contributed by atoms with Gasteiger partial charge in [0.2, 0.25) is 0 Å². The highest BCUT2D eigenvalue weighted by Crippen LogP contribution is 2.38. The van der Waals surface area contributed by atoms with E-state index in [1.165, 1.54) is 11.1 Å². The summed E-state index contributed by atoms with van der Waals surface area (Å²) in [7, 11) is 0. The van der Waals surface area contributed by atoms with Crippen LogP contribution >= 0.6 is 27.3 Å². The lowest BCUT2D eigenvalue weighted by atomic mass is 10.0. The van der Waals surface area contributed by atoms with Crippen molar-refractivity contribution in [3.8, 4) is 33.8 Å². The molecule has 4 heteroatoms. The van der Waals surface area contributed by atoms with Crippen molar-refractivity contribution in [3.05, 3.63) is 94.8 Å². The van der Waals surface area contributed by atoms with E-state index in [-0.39, 0.29) is 0 Å². The molecule has 0 aliphatic rings. The predicted octanol–water partition coefficient (Wildman–Crippen LogP) is 7.16. The van der Waals surface area contributed by atoms with Crippen LogP contribution in [0, 0.1) is 0 Å². The Labute approximate surface area is 169 Å². The molecule has 0 radical (unpaired) electrons.